The lowest BCUT2D eigenvalue weighted by Crippen LogP contribution is -2.11. The number of ether oxygens (including phenoxy) is 2. The van der Waals surface area contributed by atoms with Crippen molar-refractivity contribution in [3.63, 3.8) is 0 Å². The SMILES string of the molecule is CCCCOC(=O)c1cccc2c1OC(C)C2C. The van der Waals surface area contributed by atoms with Crippen LogP contribution in [0, 0.1) is 0 Å². The van der Waals surface area contributed by atoms with E-state index in [2.05, 4.69) is 13.8 Å². The summed E-state index contributed by atoms with van der Waals surface area (Å²) in [4.78, 5) is 12.0. The van der Waals surface area contributed by atoms with E-state index in [1.807, 2.05) is 19.1 Å². The normalized spacial score (nSPS) is 21.3. The average Bonchev–Trinajstić information content (AvgIpc) is 2.66. The summed E-state index contributed by atoms with van der Waals surface area (Å²) in [5, 5.41) is 0. The highest BCUT2D eigenvalue weighted by Crippen LogP contribution is 2.40. The number of benzene rings is 1. The van der Waals surface area contributed by atoms with E-state index in [-0.39, 0.29) is 12.1 Å². The summed E-state index contributed by atoms with van der Waals surface area (Å²) in [6.45, 7) is 6.68. The van der Waals surface area contributed by atoms with Gasteiger partial charge in [-0.25, -0.2) is 4.79 Å². The molecule has 0 aromatic heterocycles. The van der Waals surface area contributed by atoms with E-state index in [0.717, 1.165) is 18.4 Å². The van der Waals surface area contributed by atoms with Crippen molar-refractivity contribution in [2.24, 2.45) is 0 Å². The molecule has 0 radical (unpaired) electrons. The van der Waals surface area contributed by atoms with Crippen LogP contribution in [-0.4, -0.2) is 18.7 Å². The average molecular weight is 248 g/mol. The molecule has 98 valence electrons. The summed E-state index contributed by atoms with van der Waals surface area (Å²) in [5.41, 5.74) is 1.66. The molecule has 1 heterocycles. The number of rotatable bonds is 4. The van der Waals surface area contributed by atoms with Gasteiger partial charge in [0, 0.05) is 11.5 Å². The summed E-state index contributed by atoms with van der Waals surface area (Å²) in [7, 11) is 0. The Morgan fingerprint density at radius 3 is 2.89 bits per heavy atom. The van der Waals surface area contributed by atoms with Crippen LogP contribution in [-0.2, 0) is 4.74 Å². The molecule has 18 heavy (non-hydrogen) atoms. The van der Waals surface area contributed by atoms with E-state index in [9.17, 15) is 4.79 Å². The summed E-state index contributed by atoms with van der Waals surface area (Å²) in [6.07, 6.45) is 2.03. The smallest absolute Gasteiger partial charge is 0.341 e. The van der Waals surface area contributed by atoms with Gasteiger partial charge in [0.15, 0.2) is 0 Å². The third-order valence-corrected chi connectivity index (χ3v) is 3.49. The second-order valence-electron chi connectivity index (χ2n) is 4.83. The molecule has 1 aromatic carbocycles. The first-order valence-corrected chi connectivity index (χ1v) is 6.61. The highest BCUT2D eigenvalue weighted by Gasteiger charge is 2.31. The number of para-hydroxylation sites is 1. The van der Waals surface area contributed by atoms with Crippen LogP contribution in [0.3, 0.4) is 0 Å². The van der Waals surface area contributed by atoms with Crippen molar-refractivity contribution in [1.29, 1.82) is 0 Å². The Bertz CT molecular complexity index is 439. The zero-order valence-electron chi connectivity index (χ0n) is 11.2. The van der Waals surface area contributed by atoms with Crippen molar-refractivity contribution >= 4 is 5.97 Å². The van der Waals surface area contributed by atoms with E-state index in [0.29, 0.717) is 23.8 Å². The second kappa shape index (κ2) is 5.42. The molecular weight excluding hydrogens is 228 g/mol. The standard InChI is InChI=1S/C15H20O3/c1-4-5-9-17-15(16)13-8-6-7-12-10(2)11(3)18-14(12)13/h6-8,10-11H,4-5,9H2,1-3H3. The number of esters is 1. The van der Waals surface area contributed by atoms with E-state index in [1.165, 1.54) is 0 Å². The molecule has 3 heteroatoms. The molecule has 2 rings (SSSR count). The van der Waals surface area contributed by atoms with Crippen LogP contribution >= 0.6 is 0 Å². The van der Waals surface area contributed by atoms with Crippen LogP contribution in [0.5, 0.6) is 5.75 Å². The van der Waals surface area contributed by atoms with Crippen molar-refractivity contribution in [2.75, 3.05) is 6.61 Å². The number of carbonyl (C=O) groups excluding carboxylic acids is 1. The first-order chi connectivity index (χ1) is 8.65. The first kappa shape index (κ1) is 12.9. The van der Waals surface area contributed by atoms with Crippen molar-refractivity contribution in [2.45, 2.75) is 45.6 Å². The molecular formula is C15H20O3. The molecule has 0 N–H and O–H groups in total. The molecule has 1 aliphatic heterocycles. The predicted molar refractivity (Wildman–Crippen MR) is 70.1 cm³/mol. The first-order valence-electron chi connectivity index (χ1n) is 6.61. The Balaban J connectivity index is 2.18. The molecule has 0 spiro atoms. The number of fused-ring (bicyclic) bond motifs is 1. The predicted octanol–water partition coefficient (Wildman–Crippen LogP) is 3.53. The van der Waals surface area contributed by atoms with E-state index >= 15 is 0 Å². The Morgan fingerprint density at radius 1 is 1.39 bits per heavy atom. The van der Waals surface area contributed by atoms with Gasteiger partial charge in [-0.15, -0.1) is 0 Å². The molecule has 3 nitrogen and oxygen atoms in total. The minimum absolute atomic E-state index is 0.115. The third-order valence-electron chi connectivity index (χ3n) is 3.49. The second-order valence-corrected chi connectivity index (χ2v) is 4.83. The maximum atomic E-state index is 12.0. The van der Waals surface area contributed by atoms with Gasteiger partial charge in [0.1, 0.15) is 17.4 Å². The van der Waals surface area contributed by atoms with Crippen molar-refractivity contribution in [3.8, 4) is 5.75 Å². The maximum Gasteiger partial charge on any atom is 0.341 e. The molecule has 0 saturated heterocycles. The lowest BCUT2D eigenvalue weighted by atomic mass is 9.97. The summed E-state index contributed by atoms with van der Waals surface area (Å²) in [6, 6.07) is 5.69. The lowest BCUT2D eigenvalue weighted by molar-refractivity contribution is 0.0494. The van der Waals surface area contributed by atoms with E-state index < -0.39 is 0 Å². The minimum atomic E-state index is -0.276. The maximum absolute atomic E-state index is 12.0. The number of hydrogen-bond acceptors (Lipinski definition) is 3. The molecule has 2 unspecified atom stereocenters. The number of hydrogen-bond donors (Lipinski definition) is 0. The summed E-state index contributed by atoms with van der Waals surface area (Å²) in [5.74, 6) is 0.754. The van der Waals surface area contributed by atoms with Crippen molar-refractivity contribution in [3.05, 3.63) is 29.3 Å². The summed E-state index contributed by atoms with van der Waals surface area (Å²) < 4.78 is 11.0. The molecule has 1 aliphatic rings. The van der Waals surface area contributed by atoms with E-state index in [4.69, 9.17) is 9.47 Å². The lowest BCUT2D eigenvalue weighted by Gasteiger charge is -2.09. The topological polar surface area (TPSA) is 35.5 Å². The van der Waals surface area contributed by atoms with Crippen LogP contribution in [0.4, 0.5) is 0 Å². The minimum Gasteiger partial charge on any atom is -0.489 e. The zero-order chi connectivity index (χ0) is 13.1. The van der Waals surface area contributed by atoms with Crippen LogP contribution < -0.4 is 4.74 Å². The Hall–Kier alpha value is -1.51. The van der Waals surface area contributed by atoms with Crippen LogP contribution in [0.2, 0.25) is 0 Å². The quantitative estimate of drug-likeness (QED) is 0.604. The molecule has 1 aromatic rings. The Kier molecular flexibility index (Phi) is 3.90. The number of carbonyl (C=O) groups is 1. The van der Waals surface area contributed by atoms with Gasteiger partial charge in [0.25, 0.3) is 0 Å². The van der Waals surface area contributed by atoms with Crippen LogP contribution in [0.25, 0.3) is 0 Å². The van der Waals surface area contributed by atoms with Crippen LogP contribution in [0.1, 0.15) is 55.5 Å². The molecule has 2 atom stereocenters. The fourth-order valence-electron chi connectivity index (χ4n) is 2.13. The Morgan fingerprint density at radius 2 is 2.17 bits per heavy atom. The molecule has 0 saturated carbocycles. The van der Waals surface area contributed by atoms with E-state index in [1.54, 1.807) is 6.07 Å². The highest BCUT2D eigenvalue weighted by molar-refractivity contribution is 5.93. The van der Waals surface area contributed by atoms with Gasteiger partial charge < -0.3 is 9.47 Å². The van der Waals surface area contributed by atoms with Crippen molar-refractivity contribution in [1.82, 2.24) is 0 Å². The summed E-state index contributed by atoms with van der Waals surface area (Å²) >= 11 is 0. The Labute approximate surface area is 108 Å². The largest absolute Gasteiger partial charge is 0.489 e. The van der Waals surface area contributed by atoms with Gasteiger partial charge in [-0.2, -0.15) is 0 Å². The molecule has 0 fully saturated rings. The monoisotopic (exact) mass is 248 g/mol. The highest BCUT2D eigenvalue weighted by atomic mass is 16.5. The van der Waals surface area contributed by atoms with Gasteiger partial charge in [-0.05, 0) is 19.4 Å². The van der Waals surface area contributed by atoms with Gasteiger partial charge in [0.05, 0.1) is 6.61 Å². The molecule has 0 amide bonds. The van der Waals surface area contributed by atoms with Gasteiger partial charge in [0.2, 0.25) is 0 Å². The van der Waals surface area contributed by atoms with Gasteiger partial charge in [-0.1, -0.05) is 32.4 Å². The fourth-order valence-corrected chi connectivity index (χ4v) is 2.13. The number of unbranched alkanes of at least 4 members (excludes halogenated alkanes) is 1. The zero-order valence-corrected chi connectivity index (χ0v) is 11.2. The van der Waals surface area contributed by atoms with Gasteiger partial charge in [-0.3, -0.25) is 0 Å². The third kappa shape index (κ3) is 2.35. The van der Waals surface area contributed by atoms with Gasteiger partial charge >= 0.3 is 5.97 Å². The van der Waals surface area contributed by atoms with Crippen molar-refractivity contribution < 1.29 is 14.3 Å². The molecule has 0 aliphatic carbocycles. The molecule has 0 bridgehead atoms. The van der Waals surface area contributed by atoms with Crippen LogP contribution in [0.15, 0.2) is 18.2 Å². The fraction of sp³-hybridized carbons (Fsp3) is 0.533.